The van der Waals surface area contributed by atoms with Gasteiger partial charge in [0.25, 0.3) is 0 Å². The number of carbonyl (C=O) groups excluding carboxylic acids is 1. The predicted molar refractivity (Wildman–Crippen MR) is 58.3 cm³/mol. The molecule has 2 rings (SSSR count). The molecule has 2 N–H and O–H groups in total. The number of aliphatic hydroxyl groups is 1. The van der Waals surface area contributed by atoms with Crippen molar-refractivity contribution in [2.24, 2.45) is 5.92 Å². The Bertz CT molecular complexity index is 285. The molecule has 0 spiro atoms. The molecule has 3 atom stereocenters. The second kappa shape index (κ2) is 4.35. The van der Waals surface area contributed by atoms with Crippen molar-refractivity contribution in [2.75, 3.05) is 0 Å². The summed E-state index contributed by atoms with van der Waals surface area (Å²) in [6.45, 7) is 2.14. The van der Waals surface area contributed by atoms with Gasteiger partial charge in [0.05, 0.1) is 6.10 Å². The molecule has 0 bridgehead atoms. The molecule has 1 heterocycles. The molecule has 3 unspecified atom stereocenters. The average molecular weight is 209 g/mol. The smallest absolute Gasteiger partial charge is 0.244 e. The van der Waals surface area contributed by atoms with Gasteiger partial charge in [0.15, 0.2) is 0 Å². The minimum atomic E-state index is -0.229. The van der Waals surface area contributed by atoms with E-state index in [9.17, 15) is 9.90 Å². The van der Waals surface area contributed by atoms with Crippen LogP contribution in [0.5, 0.6) is 0 Å². The highest BCUT2D eigenvalue weighted by Crippen LogP contribution is 2.34. The van der Waals surface area contributed by atoms with E-state index < -0.39 is 0 Å². The minimum absolute atomic E-state index is 0.0220. The third-order valence-corrected chi connectivity index (χ3v) is 3.48. The maximum absolute atomic E-state index is 11.4. The van der Waals surface area contributed by atoms with Crippen LogP contribution in [0.25, 0.3) is 0 Å². The van der Waals surface area contributed by atoms with Crippen LogP contribution in [0.15, 0.2) is 11.6 Å². The molecule has 0 aromatic rings. The number of rotatable bonds is 2. The average Bonchev–Trinajstić information content (AvgIpc) is 2.17. The van der Waals surface area contributed by atoms with Crippen molar-refractivity contribution in [3.05, 3.63) is 11.6 Å². The zero-order valence-corrected chi connectivity index (χ0v) is 9.20. The summed E-state index contributed by atoms with van der Waals surface area (Å²) in [5, 5.41) is 12.5. The standard InChI is InChI=1S/C12H19NO2/c1-2-3-8-6-12(15)13-11-7-9(14)4-5-10(8)11/h6,9-11,14H,2-5,7H2,1H3,(H,13,15). The molecular formula is C12H19NO2. The van der Waals surface area contributed by atoms with Gasteiger partial charge in [-0.05, 0) is 25.7 Å². The van der Waals surface area contributed by atoms with Gasteiger partial charge in [0, 0.05) is 18.0 Å². The van der Waals surface area contributed by atoms with E-state index in [1.54, 1.807) is 6.08 Å². The highest BCUT2D eigenvalue weighted by Gasteiger charge is 2.35. The Kier molecular flexibility index (Phi) is 3.10. The number of carbonyl (C=O) groups is 1. The van der Waals surface area contributed by atoms with Crippen LogP contribution in [-0.2, 0) is 4.79 Å². The van der Waals surface area contributed by atoms with Gasteiger partial charge in [0.2, 0.25) is 5.91 Å². The lowest BCUT2D eigenvalue weighted by Gasteiger charge is -2.38. The number of fused-ring (bicyclic) bond motifs is 1. The molecule has 0 saturated heterocycles. The van der Waals surface area contributed by atoms with Crippen LogP contribution in [0.3, 0.4) is 0 Å². The molecule has 1 aliphatic carbocycles. The summed E-state index contributed by atoms with van der Waals surface area (Å²) < 4.78 is 0. The van der Waals surface area contributed by atoms with Crippen LogP contribution in [0.2, 0.25) is 0 Å². The normalized spacial score (nSPS) is 35.5. The van der Waals surface area contributed by atoms with Crippen LogP contribution >= 0.6 is 0 Å². The molecule has 1 amide bonds. The van der Waals surface area contributed by atoms with E-state index in [0.717, 1.165) is 32.1 Å². The number of hydrogen-bond acceptors (Lipinski definition) is 2. The first kappa shape index (κ1) is 10.7. The Morgan fingerprint density at radius 1 is 1.53 bits per heavy atom. The van der Waals surface area contributed by atoms with Crippen LogP contribution in [0.1, 0.15) is 39.0 Å². The second-order valence-electron chi connectivity index (χ2n) is 4.66. The summed E-state index contributed by atoms with van der Waals surface area (Å²) in [6.07, 6.45) is 6.25. The number of nitrogens with one attached hydrogen (secondary N) is 1. The molecule has 1 aliphatic heterocycles. The van der Waals surface area contributed by atoms with Gasteiger partial charge in [0.1, 0.15) is 0 Å². The van der Waals surface area contributed by atoms with E-state index in [0.29, 0.717) is 5.92 Å². The number of amides is 1. The molecule has 15 heavy (non-hydrogen) atoms. The third-order valence-electron chi connectivity index (χ3n) is 3.48. The van der Waals surface area contributed by atoms with Crippen LogP contribution in [0.4, 0.5) is 0 Å². The minimum Gasteiger partial charge on any atom is -0.393 e. The lowest BCUT2D eigenvalue weighted by atomic mass is 9.75. The highest BCUT2D eigenvalue weighted by molar-refractivity contribution is 5.89. The highest BCUT2D eigenvalue weighted by atomic mass is 16.3. The fraction of sp³-hybridized carbons (Fsp3) is 0.750. The molecule has 3 heteroatoms. The van der Waals surface area contributed by atoms with Crippen molar-refractivity contribution in [2.45, 2.75) is 51.2 Å². The van der Waals surface area contributed by atoms with E-state index >= 15 is 0 Å². The first-order valence-corrected chi connectivity index (χ1v) is 5.89. The quantitative estimate of drug-likeness (QED) is 0.721. The number of hydrogen-bond donors (Lipinski definition) is 2. The molecule has 3 nitrogen and oxygen atoms in total. The van der Waals surface area contributed by atoms with E-state index in [-0.39, 0.29) is 18.1 Å². The Balaban J connectivity index is 2.14. The molecule has 2 aliphatic rings. The maximum atomic E-state index is 11.4. The fourth-order valence-corrected chi connectivity index (χ4v) is 2.80. The largest absolute Gasteiger partial charge is 0.393 e. The van der Waals surface area contributed by atoms with Crippen molar-refractivity contribution in [1.82, 2.24) is 5.32 Å². The first-order valence-electron chi connectivity index (χ1n) is 5.89. The van der Waals surface area contributed by atoms with Crippen LogP contribution in [0, 0.1) is 5.92 Å². The molecular weight excluding hydrogens is 190 g/mol. The SMILES string of the molecule is CCCC1=CC(=O)NC2CC(O)CCC12. The molecule has 0 aromatic carbocycles. The summed E-state index contributed by atoms with van der Waals surface area (Å²) in [6, 6.07) is 0.174. The first-order chi connectivity index (χ1) is 7.20. The van der Waals surface area contributed by atoms with Crippen LogP contribution in [-0.4, -0.2) is 23.2 Å². The Labute approximate surface area is 90.6 Å². The van der Waals surface area contributed by atoms with E-state index in [1.807, 2.05) is 0 Å². The summed E-state index contributed by atoms with van der Waals surface area (Å²) in [7, 11) is 0. The van der Waals surface area contributed by atoms with Crippen molar-refractivity contribution in [1.29, 1.82) is 0 Å². The van der Waals surface area contributed by atoms with Gasteiger partial charge in [-0.15, -0.1) is 0 Å². The van der Waals surface area contributed by atoms with E-state index in [2.05, 4.69) is 12.2 Å². The fourth-order valence-electron chi connectivity index (χ4n) is 2.80. The van der Waals surface area contributed by atoms with Crippen molar-refractivity contribution in [3.63, 3.8) is 0 Å². The third kappa shape index (κ3) is 2.23. The lowest BCUT2D eigenvalue weighted by Crippen LogP contribution is -2.48. The van der Waals surface area contributed by atoms with Crippen LogP contribution < -0.4 is 5.32 Å². The van der Waals surface area contributed by atoms with Crippen molar-refractivity contribution in [3.8, 4) is 0 Å². The maximum Gasteiger partial charge on any atom is 0.244 e. The van der Waals surface area contributed by atoms with Gasteiger partial charge in [-0.2, -0.15) is 0 Å². The topological polar surface area (TPSA) is 49.3 Å². The second-order valence-corrected chi connectivity index (χ2v) is 4.66. The monoisotopic (exact) mass is 209 g/mol. The zero-order chi connectivity index (χ0) is 10.8. The van der Waals surface area contributed by atoms with E-state index in [4.69, 9.17) is 0 Å². The van der Waals surface area contributed by atoms with Gasteiger partial charge < -0.3 is 10.4 Å². The summed E-state index contributed by atoms with van der Waals surface area (Å²) in [5.41, 5.74) is 1.29. The predicted octanol–water partition coefficient (Wildman–Crippen LogP) is 1.37. The zero-order valence-electron chi connectivity index (χ0n) is 9.20. The Morgan fingerprint density at radius 2 is 2.33 bits per heavy atom. The summed E-state index contributed by atoms with van der Waals surface area (Å²) in [4.78, 5) is 11.4. The summed E-state index contributed by atoms with van der Waals surface area (Å²) >= 11 is 0. The molecule has 1 saturated carbocycles. The Morgan fingerprint density at radius 3 is 3.07 bits per heavy atom. The Hall–Kier alpha value is -0.830. The van der Waals surface area contributed by atoms with Gasteiger partial charge in [-0.3, -0.25) is 4.79 Å². The van der Waals surface area contributed by atoms with Crippen molar-refractivity contribution >= 4 is 5.91 Å². The molecule has 1 fully saturated rings. The van der Waals surface area contributed by atoms with Crippen molar-refractivity contribution < 1.29 is 9.90 Å². The lowest BCUT2D eigenvalue weighted by molar-refractivity contribution is -0.118. The van der Waals surface area contributed by atoms with Gasteiger partial charge in [-0.1, -0.05) is 18.9 Å². The van der Waals surface area contributed by atoms with Gasteiger partial charge in [-0.25, -0.2) is 0 Å². The number of aliphatic hydroxyl groups excluding tert-OH is 1. The summed E-state index contributed by atoms with van der Waals surface area (Å²) in [5.74, 6) is 0.500. The van der Waals surface area contributed by atoms with Gasteiger partial charge >= 0.3 is 0 Å². The van der Waals surface area contributed by atoms with E-state index in [1.165, 1.54) is 5.57 Å². The molecule has 0 radical (unpaired) electrons. The molecule has 84 valence electrons. The molecule has 0 aromatic heterocycles.